The lowest BCUT2D eigenvalue weighted by Gasteiger charge is -2.20. The van der Waals surface area contributed by atoms with Crippen LogP contribution in [-0.4, -0.2) is 47.9 Å². The highest BCUT2D eigenvalue weighted by Crippen LogP contribution is 2.20. The second kappa shape index (κ2) is 6.40. The van der Waals surface area contributed by atoms with Crippen LogP contribution in [-0.2, 0) is 23.8 Å². The van der Waals surface area contributed by atoms with E-state index in [1.54, 1.807) is 6.92 Å². The van der Waals surface area contributed by atoms with Crippen LogP contribution in [0, 0.1) is 0 Å². The van der Waals surface area contributed by atoms with Gasteiger partial charge in [-0.25, -0.2) is 16.8 Å². The minimum atomic E-state index is -3.86. The Morgan fingerprint density at radius 3 is 2.00 bits per heavy atom. The Bertz CT molecular complexity index is 655. The smallest absolute Gasteiger partial charge is 0.261 e. The van der Waals surface area contributed by atoms with Gasteiger partial charge in [0.05, 0.1) is 15.9 Å². The molecule has 0 aliphatic heterocycles. The Kier molecular flexibility index (Phi) is 5.56. The van der Waals surface area contributed by atoms with Crippen molar-refractivity contribution in [2.45, 2.75) is 22.8 Å². The second-order valence-corrected chi connectivity index (χ2v) is 8.85. The molecule has 0 heterocycles. The summed E-state index contributed by atoms with van der Waals surface area (Å²) in [6, 6.07) is 4.72. The summed E-state index contributed by atoms with van der Waals surface area (Å²) < 4.78 is 52.8. The summed E-state index contributed by atoms with van der Waals surface area (Å²) in [6.07, 6.45) is -0.253. The molecule has 1 atom stereocenters. The van der Waals surface area contributed by atoms with E-state index in [9.17, 15) is 16.8 Å². The Morgan fingerprint density at radius 1 is 1.15 bits per heavy atom. The minimum absolute atomic E-state index is 0.00707. The van der Waals surface area contributed by atoms with Gasteiger partial charge in [-0.1, -0.05) is 0 Å². The third-order valence-electron chi connectivity index (χ3n) is 2.73. The van der Waals surface area contributed by atoms with Crippen molar-refractivity contribution in [2.75, 3.05) is 20.7 Å². The number of sulfonamides is 1. The molecule has 0 saturated carbocycles. The highest BCUT2D eigenvalue weighted by Gasteiger charge is 2.23. The fourth-order valence-corrected chi connectivity index (χ4v) is 3.50. The SMILES string of the molecule is COC(C)CN(C)S(=O)(=O)c1ccc(S(=O)(=O)Cl)cc1. The summed E-state index contributed by atoms with van der Waals surface area (Å²) in [4.78, 5) is -0.154. The number of nitrogens with zero attached hydrogens (tertiary/aromatic N) is 1. The first-order valence-electron chi connectivity index (χ1n) is 5.63. The van der Waals surface area contributed by atoms with Crippen molar-refractivity contribution in [1.82, 2.24) is 4.31 Å². The molecule has 0 amide bonds. The van der Waals surface area contributed by atoms with Crippen molar-refractivity contribution < 1.29 is 21.6 Å². The van der Waals surface area contributed by atoms with Crippen LogP contribution >= 0.6 is 10.7 Å². The van der Waals surface area contributed by atoms with Gasteiger partial charge >= 0.3 is 0 Å². The lowest BCUT2D eigenvalue weighted by atomic mass is 10.4. The highest BCUT2D eigenvalue weighted by atomic mass is 35.7. The van der Waals surface area contributed by atoms with E-state index >= 15 is 0 Å². The number of likely N-dealkylation sites (N-methyl/N-ethyl adjacent to an activating group) is 1. The van der Waals surface area contributed by atoms with Crippen LogP contribution in [0.1, 0.15) is 6.92 Å². The van der Waals surface area contributed by atoms with Gasteiger partial charge in [0.1, 0.15) is 0 Å². The number of benzene rings is 1. The zero-order valence-electron chi connectivity index (χ0n) is 11.3. The van der Waals surface area contributed by atoms with Gasteiger partial charge < -0.3 is 4.74 Å². The number of halogens is 1. The Balaban J connectivity index is 3.05. The Labute approximate surface area is 123 Å². The monoisotopic (exact) mass is 341 g/mol. The third-order valence-corrected chi connectivity index (χ3v) is 5.94. The topological polar surface area (TPSA) is 80.8 Å². The molecule has 6 nitrogen and oxygen atoms in total. The van der Waals surface area contributed by atoms with Crippen molar-refractivity contribution in [2.24, 2.45) is 0 Å². The van der Waals surface area contributed by atoms with Gasteiger partial charge in [-0.15, -0.1) is 0 Å². The summed E-state index contributed by atoms with van der Waals surface area (Å²) in [6.45, 7) is 1.93. The predicted molar refractivity (Wildman–Crippen MR) is 75.8 cm³/mol. The van der Waals surface area contributed by atoms with Crippen molar-refractivity contribution in [3.8, 4) is 0 Å². The third kappa shape index (κ3) is 4.16. The molecular formula is C11H16ClNO5S2. The largest absolute Gasteiger partial charge is 0.380 e. The zero-order chi connectivity index (χ0) is 15.6. The van der Waals surface area contributed by atoms with E-state index in [-0.39, 0.29) is 22.4 Å². The molecule has 9 heteroatoms. The van der Waals surface area contributed by atoms with E-state index in [1.165, 1.54) is 26.3 Å². The quantitative estimate of drug-likeness (QED) is 0.728. The maximum absolute atomic E-state index is 12.2. The zero-order valence-corrected chi connectivity index (χ0v) is 13.7. The molecule has 114 valence electrons. The van der Waals surface area contributed by atoms with Crippen LogP contribution in [0.5, 0.6) is 0 Å². The predicted octanol–water partition coefficient (Wildman–Crippen LogP) is 1.27. The number of ether oxygens (including phenoxy) is 1. The van der Waals surface area contributed by atoms with Crippen molar-refractivity contribution in [1.29, 1.82) is 0 Å². The maximum Gasteiger partial charge on any atom is 0.261 e. The van der Waals surface area contributed by atoms with Gasteiger partial charge in [-0.05, 0) is 31.2 Å². The average molecular weight is 342 g/mol. The summed E-state index contributed by atoms with van der Waals surface area (Å²) >= 11 is 0. The molecule has 0 aliphatic rings. The van der Waals surface area contributed by atoms with E-state index in [4.69, 9.17) is 15.4 Å². The average Bonchev–Trinajstić information content (AvgIpc) is 2.37. The van der Waals surface area contributed by atoms with E-state index in [1.807, 2.05) is 0 Å². The van der Waals surface area contributed by atoms with Crippen LogP contribution in [0.3, 0.4) is 0 Å². The molecule has 0 aromatic heterocycles. The Hall–Kier alpha value is -0.670. The van der Waals surface area contributed by atoms with Crippen LogP contribution in [0.25, 0.3) is 0 Å². The lowest BCUT2D eigenvalue weighted by Crippen LogP contribution is -2.33. The molecule has 0 spiro atoms. The number of hydrogen-bond acceptors (Lipinski definition) is 5. The standard InChI is InChI=1S/C11H16ClNO5S2/c1-9(18-3)8-13(2)20(16,17)11-6-4-10(5-7-11)19(12,14)15/h4-7,9H,8H2,1-3H3. The molecule has 0 aliphatic carbocycles. The first-order chi connectivity index (χ1) is 9.09. The maximum atomic E-state index is 12.2. The number of hydrogen-bond donors (Lipinski definition) is 0. The van der Waals surface area contributed by atoms with Gasteiger partial charge in [0.2, 0.25) is 10.0 Å². The molecule has 1 aromatic carbocycles. The van der Waals surface area contributed by atoms with Crippen molar-refractivity contribution in [3.05, 3.63) is 24.3 Å². The van der Waals surface area contributed by atoms with Crippen LogP contribution in [0.15, 0.2) is 34.1 Å². The molecule has 0 saturated heterocycles. The first-order valence-corrected chi connectivity index (χ1v) is 9.38. The molecule has 0 radical (unpaired) electrons. The number of methoxy groups -OCH3 is 1. The normalized spacial score (nSPS) is 14.4. The van der Waals surface area contributed by atoms with E-state index in [0.717, 1.165) is 16.4 Å². The molecule has 1 rings (SSSR count). The molecule has 0 bridgehead atoms. The molecule has 20 heavy (non-hydrogen) atoms. The van der Waals surface area contributed by atoms with Gasteiger partial charge in [-0.3, -0.25) is 0 Å². The highest BCUT2D eigenvalue weighted by molar-refractivity contribution is 8.13. The fraction of sp³-hybridized carbons (Fsp3) is 0.455. The van der Waals surface area contributed by atoms with E-state index in [2.05, 4.69) is 0 Å². The van der Waals surface area contributed by atoms with Crippen molar-refractivity contribution >= 4 is 29.8 Å². The van der Waals surface area contributed by atoms with Gasteiger partial charge in [0, 0.05) is 31.4 Å². The summed E-state index contributed by atoms with van der Waals surface area (Å²) in [5.74, 6) is 0. The van der Waals surface area contributed by atoms with Crippen LogP contribution in [0.4, 0.5) is 0 Å². The molecule has 1 unspecified atom stereocenters. The van der Waals surface area contributed by atoms with Gasteiger partial charge in [0.25, 0.3) is 9.05 Å². The van der Waals surface area contributed by atoms with Gasteiger partial charge in [-0.2, -0.15) is 4.31 Å². The lowest BCUT2D eigenvalue weighted by molar-refractivity contribution is 0.104. The van der Waals surface area contributed by atoms with Crippen LogP contribution < -0.4 is 0 Å². The summed E-state index contributed by atoms with van der Waals surface area (Å²) in [7, 11) is 0.535. The molecular weight excluding hydrogens is 326 g/mol. The Morgan fingerprint density at radius 2 is 1.60 bits per heavy atom. The van der Waals surface area contributed by atoms with Crippen molar-refractivity contribution in [3.63, 3.8) is 0 Å². The molecule has 0 fully saturated rings. The van der Waals surface area contributed by atoms with Gasteiger partial charge in [0.15, 0.2) is 0 Å². The summed E-state index contributed by atoms with van der Waals surface area (Å²) in [5, 5.41) is 0. The van der Waals surface area contributed by atoms with E-state index < -0.39 is 19.1 Å². The molecule has 1 aromatic rings. The molecule has 0 N–H and O–H groups in total. The first kappa shape index (κ1) is 17.4. The minimum Gasteiger partial charge on any atom is -0.380 e. The van der Waals surface area contributed by atoms with Crippen LogP contribution in [0.2, 0.25) is 0 Å². The summed E-state index contributed by atoms with van der Waals surface area (Å²) in [5.41, 5.74) is 0. The second-order valence-electron chi connectivity index (χ2n) is 4.24. The van der Waals surface area contributed by atoms with E-state index in [0.29, 0.717) is 0 Å². The fourth-order valence-electron chi connectivity index (χ4n) is 1.49. The number of rotatable bonds is 6.